The van der Waals surface area contributed by atoms with E-state index in [-0.39, 0.29) is 24.9 Å². The van der Waals surface area contributed by atoms with Crippen molar-refractivity contribution in [3.05, 3.63) is 72.2 Å². The number of hydroxylamine groups is 2. The largest absolute Gasteiger partial charge is 0.469 e. The summed E-state index contributed by atoms with van der Waals surface area (Å²) in [4.78, 5) is 34.1. The van der Waals surface area contributed by atoms with E-state index in [1.807, 2.05) is 30.3 Å². The van der Waals surface area contributed by atoms with Gasteiger partial charge in [-0.1, -0.05) is 36.4 Å². The first kappa shape index (κ1) is 21.7. The number of amides is 1. The van der Waals surface area contributed by atoms with Crippen LogP contribution in [0.2, 0.25) is 0 Å². The first-order chi connectivity index (χ1) is 16.1. The number of carbonyl (C=O) groups excluding carboxylic acids is 2. The number of nitrogens with zero attached hydrogens (tertiary/aromatic N) is 2. The van der Waals surface area contributed by atoms with E-state index in [4.69, 9.17) is 14.0 Å². The molecule has 3 aromatic rings. The van der Waals surface area contributed by atoms with Crippen molar-refractivity contribution in [2.45, 2.75) is 38.0 Å². The Morgan fingerprint density at radius 3 is 2.61 bits per heavy atom. The normalized spacial score (nSPS) is 20.6. The molecule has 2 saturated heterocycles. The van der Waals surface area contributed by atoms with Crippen molar-refractivity contribution >= 4 is 22.6 Å². The molecule has 7 nitrogen and oxygen atoms in total. The Morgan fingerprint density at radius 2 is 1.88 bits per heavy atom. The van der Waals surface area contributed by atoms with Gasteiger partial charge in [-0.2, -0.15) is 0 Å². The average Bonchev–Trinajstić information content (AvgIpc) is 3.45. The van der Waals surface area contributed by atoms with Gasteiger partial charge in [-0.3, -0.25) is 19.3 Å². The topological polar surface area (TPSA) is 72.2 Å². The molecule has 0 N–H and O–H groups in total. The highest BCUT2D eigenvalue weighted by Gasteiger charge is 2.58. The lowest BCUT2D eigenvalue weighted by Gasteiger charge is -2.45. The van der Waals surface area contributed by atoms with E-state index in [0.717, 1.165) is 35.2 Å². The Labute approximate surface area is 192 Å². The van der Waals surface area contributed by atoms with Crippen LogP contribution in [0.25, 0.3) is 10.8 Å². The Morgan fingerprint density at radius 1 is 1.09 bits per heavy atom. The summed E-state index contributed by atoms with van der Waals surface area (Å²) in [5.41, 5.74) is 0.286. The first-order valence-electron chi connectivity index (χ1n) is 11.4. The molecule has 0 radical (unpaired) electrons. The summed E-state index contributed by atoms with van der Waals surface area (Å²) in [6.45, 7) is 2.44. The highest BCUT2D eigenvalue weighted by molar-refractivity contribution is 5.88. The van der Waals surface area contributed by atoms with Crippen molar-refractivity contribution in [3.63, 3.8) is 0 Å². The standard InChI is InChI=1S/C26H28N2O5/c1-31-25(30)23-16-24(29)28(33-18-19-8-9-20-5-2-3-6-21(20)15-19)26(23)10-12-27(13-11-26)17-22-7-4-14-32-22/h2-9,14-15,23H,10-13,16-18H2,1H3. The van der Waals surface area contributed by atoms with Crippen molar-refractivity contribution in [1.29, 1.82) is 0 Å². The van der Waals surface area contributed by atoms with E-state index in [9.17, 15) is 9.59 Å². The van der Waals surface area contributed by atoms with Crippen LogP contribution in [-0.2, 0) is 32.3 Å². The van der Waals surface area contributed by atoms with Crippen LogP contribution in [0.1, 0.15) is 30.6 Å². The molecule has 1 unspecified atom stereocenters. The SMILES string of the molecule is COC(=O)C1CC(=O)N(OCc2ccc3ccccc3c2)C12CCN(Cc1ccco1)CC2. The summed E-state index contributed by atoms with van der Waals surface area (Å²) in [5, 5.41) is 3.78. The summed E-state index contributed by atoms with van der Waals surface area (Å²) >= 11 is 0. The first-order valence-corrected chi connectivity index (χ1v) is 11.4. The molecule has 1 amide bonds. The summed E-state index contributed by atoms with van der Waals surface area (Å²) in [6.07, 6.45) is 3.06. The molecule has 0 saturated carbocycles. The van der Waals surface area contributed by atoms with Crippen LogP contribution in [-0.4, -0.2) is 47.6 Å². The number of benzene rings is 2. The van der Waals surface area contributed by atoms with Gasteiger partial charge in [0, 0.05) is 19.5 Å². The maximum atomic E-state index is 13.0. The molecule has 3 heterocycles. The number of methoxy groups -OCH3 is 1. The Hall–Kier alpha value is -3.16. The number of piperidine rings is 1. The number of esters is 1. The van der Waals surface area contributed by atoms with E-state index in [0.29, 0.717) is 19.4 Å². The molecule has 2 aliphatic heterocycles. The molecule has 0 aliphatic carbocycles. The van der Waals surface area contributed by atoms with E-state index in [2.05, 4.69) is 29.2 Å². The van der Waals surface area contributed by atoms with Crippen molar-refractivity contribution < 1.29 is 23.6 Å². The molecule has 1 aromatic heterocycles. The third-order valence-electron chi connectivity index (χ3n) is 7.00. The van der Waals surface area contributed by atoms with E-state index < -0.39 is 11.5 Å². The highest BCUT2D eigenvalue weighted by atomic mass is 16.7. The van der Waals surface area contributed by atoms with Crippen molar-refractivity contribution in [2.24, 2.45) is 5.92 Å². The van der Waals surface area contributed by atoms with Crippen LogP contribution in [0.4, 0.5) is 0 Å². The van der Waals surface area contributed by atoms with Gasteiger partial charge in [0.1, 0.15) is 12.4 Å². The van der Waals surface area contributed by atoms with Gasteiger partial charge < -0.3 is 9.15 Å². The second kappa shape index (κ2) is 9.00. The predicted molar refractivity (Wildman–Crippen MR) is 122 cm³/mol. The monoisotopic (exact) mass is 448 g/mol. The quantitative estimate of drug-likeness (QED) is 0.533. The average molecular weight is 449 g/mol. The van der Waals surface area contributed by atoms with Gasteiger partial charge in [-0.25, -0.2) is 5.06 Å². The fourth-order valence-corrected chi connectivity index (χ4v) is 5.22. The van der Waals surface area contributed by atoms with Crippen LogP contribution in [0.3, 0.4) is 0 Å². The van der Waals surface area contributed by atoms with E-state index in [1.165, 1.54) is 12.2 Å². The van der Waals surface area contributed by atoms with Crippen molar-refractivity contribution in [2.75, 3.05) is 20.2 Å². The fraction of sp³-hybridized carbons (Fsp3) is 0.385. The molecule has 2 aliphatic rings. The Balaban J connectivity index is 1.34. The zero-order chi connectivity index (χ0) is 22.8. The third-order valence-corrected chi connectivity index (χ3v) is 7.00. The lowest BCUT2D eigenvalue weighted by molar-refractivity contribution is -0.229. The molecule has 172 valence electrons. The Bertz CT molecular complexity index is 1130. The number of ether oxygens (including phenoxy) is 1. The van der Waals surface area contributed by atoms with Gasteiger partial charge in [-0.15, -0.1) is 0 Å². The minimum atomic E-state index is -0.694. The summed E-state index contributed by atoms with van der Waals surface area (Å²) in [6, 6.07) is 18.1. The minimum Gasteiger partial charge on any atom is -0.469 e. The lowest BCUT2D eigenvalue weighted by atomic mass is 9.77. The molecule has 7 heteroatoms. The maximum absolute atomic E-state index is 13.0. The van der Waals surface area contributed by atoms with Crippen LogP contribution >= 0.6 is 0 Å². The molecule has 2 fully saturated rings. The van der Waals surface area contributed by atoms with Gasteiger partial charge in [0.15, 0.2) is 0 Å². The van der Waals surface area contributed by atoms with Gasteiger partial charge in [-0.05, 0) is 47.4 Å². The summed E-state index contributed by atoms with van der Waals surface area (Å²) < 4.78 is 10.6. The van der Waals surface area contributed by atoms with Crippen LogP contribution < -0.4 is 0 Å². The number of rotatable bonds is 6. The number of likely N-dealkylation sites (tertiary alicyclic amines) is 1. The van der Waals surface area contributed by atoms with E-state index in [1.54, 1.807) is 6.26 Å². The molecule has 33 heavy (non-hydrogen) atoms. The molecule has 1 spiro atoms. The zero-order valence-corrected chi connectivity index (χ0v) is 18.7. The van der Waals surface area contributed by atoms with Gasteiger partial charge in [0.05, 0.1) is 31.4 Å². The molecule has 5 rings (SSSR count). The van der Waals surface area contributed by atoms with Gasteiger partial charge >= 0.3 is 5.97 Å². The van der Waals surface area contributed by atoms with E-state index >= 15 is 0 Å². The Kier molecular flexibility index (Phi) is 5.91. The molecule has 0 bridgehead atoms. The number of fused-ring (bicyclic) bond motifs is 1. The van der Waals surface area contributed by atoms with Crippen LogP contribution in [0.5, 0.6) is 0 Å². The van der Waals surface area contributed by atoms with Gasteiger partial charge in [0.25, 0.3) is 0 Å². The van der Waals surface area contributed by atoms with Crippen molar-refractivity contribution in [3.8, 4) is 0 Å². The molecule has 2 aromatic carbocycles. The molecular formula is C26H28N2O5. The highest BCUT2D eigenvalue weighted by Crippen LogP contribution is 2.45. The van der Waals surface area contributed by atoms with Gasteiger partial charge in [0.2, 0.25) is 5.91 Å². The third kappa shape index (κ3) is 4.14. The number of furan rings is 1. The summed E-state index contributed by atoms with van der Waals surface area (Å²) in [7, 11) is 1.38. The smallest absolute Gasteiger partial charge is 0.311 e. The summed E-state index contributed by atoms with van der Waals surface area (Å²) in [5.74, 6) is -0.134. The predicted octanol–water partition coefficient (Wildman–Crippen LogP) is 3.92. The molecular weight excluding hydrogens is 420 g/mol. The van der Waals surface area contributed by atoms with Crippen molar-refractivity contribution in [1.82, 2.24) is 9.96 Å². The lowest BCUT2D eigenvalue weighted by Crippen LogP contribution is -2.57. The minimum absolute atomic E-state index is 0.114. The fourth-order valence-electron chi connectivity index (χ4n) is 5.22. The number of hydrogen-bond donors (Lipinski definition) is 0. The maximum Gasteiger partial charge on any atom is 0.311 e. The van der Waals surface area contributed by atoms with Crippen LogP contribution in [0, 0.1) is 5.92 Å². The second-order valence-electron chi connectivity index (χ2n) is 8.88. The number of hydrogen-bond acceptors (Lipinski definition) is 6. The second-order valence-corrected chi connectivity index (χ2v) is 8.88. The van der Waals surface area contributed by atoms with Crippen LogP contribution in [0.15, 0.2) is 65.3 Å². The molecule has 1 atom stereocenters. The number of carbonyl (C=O) groups is 2. The zero-order valence-electron chi connectivity index (χ0n) is 18.7.